The van der Waals surface area contributed by atoms with Gasteiger partial charge in [0, 0.05) is 50.0 Å². The van der Waals surface area contributed by atoms with Gasteiger partial charge in [0.05, 0.1) is 5.92 Å². The summed E-state index contributed by atoms with van der Waals surface area (Å²) >= 11 is 0. The lowest BCUT2D eigenvalue weighted by Gasteiger charge is -2.19. The van der Waals surface area contributed by atoms with Crippen LogP contribution in [0.3, 0.4) is 0 Å². The Morgan fingerprint density at radius 3 is 2.82 bits per heavy atom. The average molecular weight is 458 g/mol. The van der Waals surface area contributed by atoms with Gasteiger partial charge in [0.1, 0.15) is 11.6 Å². The number of H-pyrrole nitrogens is 1. The molecule has 0 aromatic carbocycles. The number of carbonyl (C=O) groups excluding carboxylic acids is 1. The van der Waals surface area contributed by atoms with Gasteiger partial charge >= 0.3 is 0 Å². The van der Waals surface area contributed by atoms with Gasteiger partial charge in [-0.2, -0.15) is 10.2 Å². The highest BCUT2D eigenvalue weighted by Crippen LogP contribution is 2.26. The van der Waals surface area contributed by atoms with E-state index in [1.54, 1.807) is 17.1 Å². The van der Waals surface area contributed by atoms with E-state index in [-0.39, 0.29) is 11.8 Å². The first kappa shape index (κ1) is 21.6. The predicted molar refractivity (Wildman–Crippen MR) is 129 cm³/mol. The number of aromatic amines is 1. The van der Waals surface area contributed by atoms with Crippen molar-refractivity contribution in [3.63, 3.8) is 0 Å². The average Bonchev–Trinajstić information content (AvgIpc) is 3.60. The van der Waals surface area contributed by atoms with Crippen LogP contribution < -0.4 is 15.5 Å². The molecule has 0 spiro atoms. The monoisotopic (exact) mass is 457 g/mol. The minimum atomic E-state index is -0.0796. The Balaban J connectivity index is 1.17. The number of nitrogens with zero attached hydrogens (tertiary/aromatic N) is 6. The number of pyridine rings is 2. The van der Waals surface area contributed by atoms with E-state index < -0.39 is 0 Å². The van der Waals surface area contributed by atoms with Gasteiger partial charge in [0.15, 0.2) is 11.6 Å². The molecule has 34 heavy (non-hydrogen) atoms. The predicted octanol–water partition coefficient (Wildman–Crippen LogP) is 2.89. The number of hydrogen-bond donors (Lipinski definition) is 3. The Labute approximate surface area is 197 Å². The van der Waals surface area contributed by atoms with Crippen LogP contribution >= 0.6 is 0 Å². The zero-order valence-corrected chi connectivity index (χ0v) is 19.2. The lowest BCUT2D eigenvalue weighted by atomic mass is 10.1. The van der Waals surface area contributed by atoms with Crippen LogP contribution in [0, 0.1) is 19.8 Å². The Morgan fingerprint density at radius 2 is 2.09 bits per heavy atom. The lowest BCUT2D eigenvalue weighted by molar-refractivity contribution is -0.124. The van der Waals surface area contributed by atoms with Crippen molar-refractivity contribution in [3.8, 4) is 5.82 Å². The third-order valence-corrected chi connectivity index (χ3v) is 5.82. The molecule has 0 aliphatic carbocycles. The summed E-state index contributed by atoms with van der Waals surface area (Å²) in [6.45, 7) is 5.87. The van der Waals surface area contributed by atoms with Crippen molar-refractivity contribution in [3.05, 3.63) is 71.8 Å². The van der Waals surface area contributed by atoms with E-state index in [1.807, 2.05) is 56.4 Å². The van der Waals surface area contributed by atoms with Gasteiger partial charge in [0.25, 0.3) is 0 Å². The molecule has 1 aliphatic heterocycles. The number of aromatic nitrogens is 6. The van der Waals surface area contributed by atoms with Crippen molar-refractivity contribution >= 4 is 23.4 Å². The molecule has 174 valence electrons. The van der Waals surface area contributed by atoms with Crippen LogP contribution in [0.2, 0.25) is 0 Å². The normalized spacial score (nSPS) is 15.5. The van der Waals surface area contributed by atoms with Crippen molar-refractivity contribution < 1.29 is 4.79 Å². The maximum Gasteiger partial charge on any atom is 0.225 e. The molecule has 5 rings (SSSR count). The number of aryl methyl sites for hydroxylation is 2. The van der Waals surface area contributed by atoms with Crippen molar-refractivity contribution in [2.24, 2.45) is 5.92 Å². The number of hydrogen-bond acceptors (Lipinski definition) is 7. The molecule has 1 fully saturated rings. The maximum absolute atomic E-state index is 12.8. The molecule has 1 amide bonds. The Morgan fingerprint density at radius 1 is 1.18 bits per heavy atom. The molecule has 1 aliphatic rings. The standard InChI is InChI=1S/C24H27N9O/c1-16-10-20(28-21-12-17(2)30-31-21)29-23(11-16)32-9-6-19(15-32)24(34)26-14-18-4-5-22(25-13-18)33-8-3-7-27-33/h3-5,7-8,10-13,19H,6,9,14-15H2,1-2H3,(H,26,34)(H2,28,29,30,31). The first-order chi connectivity index (χ1) is 16.5. The van der Waals surface area contributed by atoms with E-state index >= 15 is 0 Å². The number of anilines is 3. The number of nitrogens with one attached hydrogen (secondary N) is 3. The molecule has 1 unspecified atom stereocenters. The molecule has 1 atom stereocenters. The second kappa shape index (κ2) is 9.34. The minimum Gasteiger partial charge on any atom is -0.356 e. The van der Waals surface area contributed by atoms with Crippen LogP contribution in [0.5, 0.6) is 0 Å². The quantitative estimate of drug-likeness (QED) is 0.391. The maximum atomic E-state index is 12.8. The molecule has 0 bridgehead atoms. The van der Waals surface area contributed by atoms with Gasteiger partial charge < -0.3 is 15.5 Å². The van der Waals surface area contributed by atoms with Crippen molar-refractivity contribution in [2.75, 3.05) is 23.3 Å². The molecular weight excluding hydrogens is 430 g/mol. The molecule has 0 radical (unpaired) electrons. The molecule has 3 N–H and O–H groups in total. The van der Waals surface area contributed by atoms with Gasteiger partial charge in [-0.3, -0.25) is 9.89 Å². The van der Waals surface area contributed by atoms with Gasteiger partial charge in [-0.15, -0.1) is 0 Å². The summed E-state index contributed by atoms with van der Waals surface area (Å²) in [6, 6.07) is 11.7. The summed E-state index contributed by atoms with van der Waals surface area (Å²) in [5.74, 6) is 3.05. The van der Waals surface area contributed by atoms with Gasteiger partial charge in [-0.05, 0) is 55.7 Å². The zero-order chi connectivity index (χ0) is 23.5. The Hall–Kier alpha value is -4.21. The van der Waals surface area contributed by atoms with Crippen LogP contribution in [0.15, 0.2) is 55.0 Å². The molecule has 4 aromatic heterocycles. The smallest absolute Gasteiger partial charge is 0.225 e. The van der Waals surface area contributed by atoms with Gasteiger partial charge in [0.2, 0.25) is 5.91 Å². The Kier molecular flexibility index (Phi) is 5.94. The van der Waals surface area contributed by atoms with Crippen LogP contribution in [0.25, 0.3) is 5.82 Å². The fourth-order valence-corrected chi connectivity index (χ4v) is 4.07. The van der Waals surface area contributed by atoms with Gasteiger partial charge in [-0.25, -0.2) is 14.6 Å². The van der Waals surface area contributed by atoms with Crippen molar-refractivity contribution in [1.82, 2.24) is 35.3 Å². The van der Waals surface area contributed by atoms with E-state index in [4.69, 9.17) is 4.98 Å². The molecule has 0 saturated carbocycles. The van der Waals surface area contributed by atoms with Gasteiger partial charge in [-0.1, -0.05) is 6.07 Å². The third-order valence-electron chi connectivity index (χ3n) is 5.82. The highest BCUT2D eigenvalue weighted by molar-refractivity contribution is 5.80. The van der Waals surface area contributed by atoms with Crippen molar-refractivity contribution in [2.45, 2.75) is 26.8 Å². The first-order valence-corrected chi connectivity index (χ1v) is 11.3. The molecular formula is C24H27N9O. The summed E-state index contributed by atoms with van der Waals surface area (Å²) < 4.78 is 1.70. The summed E-state index contributed by atoms with van der Waals surface area (Å²) in [5, 5.41) is 17.6. The van der Waals surface area contributed by atoms with E-state index in [2.05, 4.69) is 35.8 Å². The fraction of sp³-hybridized carbons (Fsp3) is 0.292. The zero-order valence-electron chi connectivity index (χ0n) is 19.2. The molecule has 10 nitrogen and oxygen atoms in total. The molecule has 10 heteroatoms. The van der Waals surface area contributed by atoms with E-state index in [0.717, 1.165) is 53.1 Å². The Bertz CT molecular complexity index is 1260. The molecule has 5 heterocycles. The number of carbonyl (C=O) groups is 1. The fourth-order valence-electron chi connectivity index (χ4n) is 4.07. The van der Waals surface area contributed by atoms with Crippen molar-refractivity contribution in [1.29, 1.82) is 0 Å². The lowest BCUT2D eigenvalue weighted by Crippen LogP contribution is -2.32. The summed E-state index contributed by atoms with van der Waals surface area (Å²) in [4.78, 5) is 24.1. The van der Waals surface area contributed by atoms with Crippen LogP contribution in [0.1, 0.15) is 23.2 Å². The molecule has 4 aromatic rings. The third kappa shape index (κ3) is 4.90. The molecule has 1 saturated heterocycles. The topological polar surface area (TPSA) is 117 Å². The second-order valence-electron chi connectivity index (χ2n) is 8.57. The van der Waals surface area contributed by atoms with Crippen LogP contribution in [-0.4, -0.2) is 48.9 Å². The minimum absolute atomic E-state index is 0.0525. The highest BCUT2D eigenvalue weighted by Gasteiger charge is 2.29. The van der Waals surface area contributed by atoms with Crippen LogP contribution in [0.4, 0.5) is 17.5 Å². The first-order valence-electron chi connectivity index (χ1n) is 11.3. The van der Waals surface area contributed by atoms with E-state index in [1.165, 1.54) is 0 Å². The summed E-state index contributed by atoms with van der Waals surface area (Å²) in [6.07, 6.45) is 6.11. The summed E-state index contributed by atoms with van der Waals surface area (Å²) in [5.41, 5.74) is 3.02. The second-order valence-corrected chi connectivity index (χ2v) is 8.57. The SMILES string of the molecule is Cc1cc(Nc2cc(C)[nH]n2)nc(N2CCC(C(=O)NCc3ccc(-n4cccn4)nc3)C2)c1. The largest absolute Gasteiger partial charge is 0.356 e. The highest BCUT2D eigenvalue weighted by atomic mass is 16.1. The number of amides is 1. The van der Waals surface area contributed by atoms with E-state index in [9.17, 15) is 4.79 Å². The van der Waals surface area contributed by atoms with E-state index in [0.29, 0.717) is 13.1 Å². The summed E-state index contributed by atoms with van der Waals surface area (Å²) in [7, 11) is 0. The van der Waals surface area contributed by atoms with Crippen LogP contribution in [-0.2, 0) is 11.3 Å². The number of rotatable bonds is 7.